The SMILES string of the molecule is Cl.Cl.N[C@]1(C(=O)O)CCNC1. The second-order valence-corrected chi connectivity index (χ2v) is 2.39. The lowest BCUT2D eigenvalue weighted by Crippen LogP contribution is -2.49. The van der Waals surface area contributed by atoms with E-state index < -0.39 is 11.5 Å². The molecule has 0 amide bonds. The lowest BCUT2D eigenvalue weighted by Gasteiger charge is -2.14. The van der Waals surface area contributed by atoms with Gasteiger partial charge in [0.15, 0.2) is 0 Å². The highest BCUT2D eigenvalue weighted by Gasteiger charge is 2.36. The van der Waals surface area contributed by atoms with Gasteiger partial charge < -0.3 is 16.2 Å². The Morgan fingerprint density at radius 3 is 2.27 bits per heavy atom. The summed E-state index contributed by atoms with van der Waals surface area (Å²) in [6, 6.07) is 0. The van der Waals surface area contributed by atoms with E-state index in [1.807, 2.05) is 0 Å². The molecule has 0 aromatic rings. The van der Waals surface area contributed by atoms with Crippen LogP contribution in [0, 0.1) is 0 Å². The second-order valence-electron chi connectivity index (χ2n) is 2.39. The summed E-state index contributed by atoms with van der Waals surface area (Å²) in [5.41, 5.74) is 4.44. The number of aliphatic carboxylic acids is 1. The molecule has 11 heavy (non-hydrogen) atoms. The number of hydrogen-bond donors (Lipinski definition) is 3. The Morgan fingerprint density at radius 2 is 2.09 bits per heavy atom. The van der Waals surface area contributed by atoms with Crippen molar-refractivity contribution in [2.45, 2.75) is 12.0 Å². The van der Waals surface area contributed by atoms with Crippen molar-refractivity contribution in [3.63, 3.8) is 0 Å². The molecule has 4 N–H and O–H groups in total. The van der Waals surface area contributed by atoms with Crippen LogP contribution in [0.3, 0.4) is 0 Å². The Morgan fingerprint density at radius 1 is 1.55 bits per heavy atom. The minimum atomic E-state index is -1.00. The van der Waals surface area contributed by atoms with Gasteiger partial charge in [0, 0.05) is 6.54 Å². The van der Waals surface area contributed by atoms with Crippen LogP contribution in [0.4, 0.5) is 0 Å². The van der Waals surface area contributed by atoms with Gasteiger partial charge >= 0.3 is 5.97 Å². The first-order chi connectivity index (χ1) is 4.15. The summed E-state index contributed by atoms with van der Waals surface area (Å²) < 4.78 is 0. The molecule has 1 fully saturated rings. The molecule has 0 aromatic carbocycles. The summed E-state index contributed by atoms with van der Waals surface area (Å²) in [5, 5.41) is 11.4. The van der Waals surface area contributed by atoms with E-state index in [1.54, 1.807) is 0 Å². The highest BCUT2D eigenvalue weighted by Crippen LogP contribution is 2.09. The molecule has 6 heteroatoms. The van der Waals surface area contributed by atoms with E-state index in [2.05, 4.69) is 5.32 Å². The summed E-state index contributed by atoms with van der Waals surface area (Å²) >= 11 is 0. The van der Waals surface area contributed by atoms with Crippen LogP contribution < -0.4 is 11.1 Å². The van der Waals surface area contributed by atoms with E-state index in [9.17, 15) is 4.79 Å². The average molecular weight is 203 g/mol. The Bertz CT molecular complexity index is 136. The molecule has 0 aromatic heterocycles. The van der Waals surface area contributed by atoms with Gasteiger partial charge in [-0.2, -0.15) is 0 Å². The number of carboxylic acid groups (broad SMARTS) is 1. The van der Waals surface area contributed by atoms with Crippen LogP contribution in [-0.2, 0) is 4.79 Å². The Hall–Kier alpha value is -0.0300. The highest BCUT2D eigenvalue weighted by molar-refractivity contribution is 5.85. The van der Waals surface area contributed by atoms with E-state index in [4.69, 9.17) is 10.8 Å². The van der Waals surface area contributed by atoms with Crippen LogP contribution in [0.5, 0.6) is 0 Å². The zero-order valence-electron chi connectivity index (χ0n) is 5.87. The van der Waals surface area contributed by atoms with Gasteiger partial charge in [0.2, 0.25) is 0 Å². The van der Waals surface area contributed by atoms with Crippen molar-refractivity contribution in [3.8, 4) is 0 Å². The van der Waals surface area contributed by atoms with Crippen LogP contribution in [0.2, 0.25) is 0 Å². The predicted octanol–water partition coefficient (Wildman–Crippen LogP) is -0.395. The zero-order chi connectivity index (χ0) is 6.91. The van der Waals surface area contributed by atoms with E-state index >= 15 is 0 Å². The number of carboxylic acids is 1. The fourth-order valence-corrected chi connectivity index (χ4v) is 0.894. The number of carbonyl (C=O) groups is 1. The summed E-state index contributed by atoms with van der Waals surface area (Å²) in [6.45, 7) is 1.10. The number of nitrogens with one attached hydrogen (secondary N) is 1. The quantitative estimate of drug-likeness (QED) is 0.542. The second kappa shape index (κ2) is 4.77. The molecule has 4 nitrogen and oxygen atoms in total. The minimum absolute atomic E-state index is 0. The van der Waals surface area contributed by atoms with Crippen molar-refractivity contribution >= 4 is 30.8 Å². The van der Waals surface area contributed by atoms with Crippen molar-refractivity contribution in [2.75, 3.05) is 13.1 Å². The van der Waals surface area contributed by atoms with Crippen LogP contribution in [-0.4, -0.2) is 29.7 Å². The van der Waals surface area contributed by atoms with E-state index in [0.29, 0.717) is 19.5 Å². The molecule has 0 saturated carbocycles. The van der Waals surface area contributed by atoms with E-state index in [-0.39, 0.29) is 24.8 Å². The molecule has 0 aliphatic carbocycles. The average Bonchev–Trinajstić information content (AvgIpc) is 2.16. The summed E-state index contributed by atoms with van der Waals surface area (Å²) in [4.78, 5) is 10.4. The molecule has 1 aliphatic heterocycles. The summed E-state index contributed by atoms with van der Waals surface area (Å²) in [7, 11) is 0. The van der Waals surface area contributed by atoms with Crippen molar-refractivity contribution < 1.29 is 9.90 Å². The lowest BCUT2D eigenvalue weighted by molar-refractivity contribution is -0.142. The number of halogens is 2. The van der Waals surface area contributed by atoms with Gasteiger partial charge in [-0.25, -0.2) is 0 Å². The van der Waals surface area contributed by atoms with Gasteiger partial charge in [0.05, 0.1) is 0 Å². The highest BCUT2D eigenvalue weighted by atomic mass is 35.5. The number of rotatable bonds is 1. The normalized spacial score (nSPS) is 28.5. The third-order valence-electron chi connectivity index (χ3n) is 1.61. The Kier molecular flexibility index (Phi) is 5.88. The Labute approximate surface area is 77.3 Å². The molecule has 1 rings (SSSR count). The number of nitrogens with two attached hydrogens (primary N) is 1. The molecule has 0 bridgehead atoms. The third kappa shape index (κ3) is 2.83. The van der Waals surface area contributed by atoms with Crippen molar-refractivity contribution in [2.24, 2.45) is 5.73 Å². The maximum atomic E-state index is 10.4. The molecule has 1 aliphatic rings. The van der Waals surface area contributed by atoms with Gasteiger partial charge in [-0.05, 0) is 13.0 Å². The molecular weight excluding hydrogens is 191 g/mol. The maximum Gasteiger partial charge on any atom is 0.325 e. The first kappa shape index (κ1) is 13.6. The van der Waals surface area contributed by atoms with Gasteiger partial charge in [-0.1, -0.05) is 0 Å². The van der Waals surface area contributed by atoms with Crippen LogP contribution in [0.1, 0.15) is 6.42 Å². The summed E-state index contributed by atoms with van der Waals surface area (Å²) in [6.07, 6.45) is 0.530. The molecule has 1 heterocycles. The van der Waals surface area contributed by atoms with Crippen LogP contribution in [0.25, 0.3) is 0 Å². The standard InChI is InChI=1S/C5H10N2O2.2ClH/c6-5(4(8)9)1-2-7-3-5;;/h7H,1-3,6H2,(H,8,9);2*1H/t5-;;/m1../s1. The molecule has 0 radical (unpaired) electrons. The lowest BCUT2D eigenvalue weighted by atomic mass is 10.0. The van der Waals surface area contributed by atoms with Gasteiger partial charge in [0.1, 0.15) is 5.54 Å². The largest absolute Gasteiger partial charge is 0.480 e. The predicted molar refractivity (Wildman–Crippen MR) is 46.5 cm³/mol. The van der Waals surface area contributed by atoms with Crippen molar-refractivity contribution in [1.29, 1.82) is 0 Å². The van der Waals surface area contributed by atoms with Gasteiger partial charge in [-0.3, -0.25) is 4.79 Å². The monoisotopic (exact) mass is 202 g/mol. The number of hydrogen-bond acceptors (Lipinski definition) is 3. The topological polar surface area (TPSA) is 75.4 Å². The molecule has 1 saturated heterocycles. The fourth-order valence-electron chi connectivity index (χ4n) is 0.894. The van der Waals surface area contributed by atoms with E-state index in [1.165, 1.54) is 0 Å². The van der Waals surface area contributed by atoms with Gasteiger partial charge in [0.25, 0.3) is 0 Å². The molecule has 1 atom stereocenters. The first-order valence-corrected chi connectivity index (χ1v) is 2.88. The van der Waals surface area contributed by atoms with Gasteiger partial charge in [-0.15, -0.1) is 24.8 Å². The van der Waals surface area contributed by atoms with Crippen LogP contribution >= 0.6 is 24.8 Å². The van der Waals surface area contributed by atoms with Crippen molar-refractivity contribution in [3.05, 3.63) is 0 Å². The third-order valence-corrected chi connectivity index (χ3v) is 1.61. The maximum absolute atomic E-state index is 10.4. The smallest absolute Gasteiger partial charge is 0.325 e. The van der Waals surface area contributed by atoms with Crippen molar-refractivity contribution in [1.82, 2.24) is 5.32 Å². The molecule has 0 unspecified atom stereocenters. The fraction of sp³-hybridized carbons (Fsp3) is 0.800. The van der Waals surface area contributed by atoms with Crippen LogP contribution in [0.15, 0.2) is 0 Å². The van der Waals surface area contributed by atoms with E-state index in [0.717, 1.165) is 0 Å². The zero-order valence-corrected chi connectivity index (χ0v) is 7.50. The minimum Gasteiger partial charge on any atom is -0.480 e. The molecule has 68 valence electrons. The molecule has 0 spiro atoms. The summed E-state index contributed by atoms with van der Waals surface area (Å²) in [5.74, 6) is -0.910. The Balaban J connectivity index is 0. The molecular formula is C5H12Cl2N2O2. The first-order valence-electron chi connectivity index (χ1n) is 2.88.